The molecule has 2 aromatic heterocycles. The van der Waals surface area contributed by atoms with Crippen LogP contribution in [0.4, 0.5) is 17.6 Å². The van der Waals surface area contributed by atoms with Gasteiger partial charge in [0.05, 0.1) is 36.7 Å². The Hall–Kier alpha value is -3.07. The maximum absolute atomic E-state index is 14.5. The molecule has 5 nitrogen and oxygen atoms in total. The van der Waals surface area contributed by atoms with Gasteiger partial charge in [-0.3, -0.25) is 9.78 Å². The molecule has 3 aromatic rings. The summed E-state index contributed by atoms with van der Waals surface area (Å²) in [5, 5.41) is 4.42. The van der Waals surface area contributed by atoms with Crippen LogP contribution in [0.5, 0.6) is 0 Å². The van der Waals surface area contributed by atoms with Gasteiger partial charge in [0.1, 0.15) is 5.82 Å². The standard InChI is InChI=1S/C27H27F4N3O2/c1-16-4-2-6-22(28)25(16)18-9-7-17(8-10-18)20-12-23(19-14-36-15-19)33-34(26(20)35)13-24-21(27(29,30)31)5-3-11-32-24/h2-6,11-12,17-19H,7-10,13-15H2,1H3. The smallest absolute Gasteiger partial charge is 0.380 e. The van der Waals surface area contributed by atoms with Crippen LogP contribution in [0.2, 0.25) is 0 Å². The van der Waals surface area contributed by atoms with Crippen molar-refractivity contribution in [2.45, 2.75) is 63.1 Å². The summed E-state index contributed by atoms with van der Waals surface area (Å²) >= 11 is 0. The van der Waals surface area contributed by atoms with Crippen molar-refractivity contribution in [3.05, 3.63) is 92.4 Å². The molecule has 0 radical (unpaired) electrons. The lowest BCUT2D eigenvalue weighted by molar-refractivity contribution is -0.138. The van der Waals surface area contributed by atoms with Crippen LogP contribution in [0.25, 0.3) is 0 Å². The molecule has 0 unspecified atom stereocenters. The number of benzene rings is 1. The summed E-state index contributed by atoms with van der Waals surface area (Å²) in [5.74, 6) is -0.193. The fourth-order valence-electron chi connectivity index (χ4n) is 5.41. The molecule has 0 amide bonds. The fourth-order valence-corrected chi connectivity index (χ4v) is 5.41. The van der Waals surface area contributed by atoms with Crippen molar-refractivity contribution in [3.8, 4) is 0 Å². The molecule has 0 spiro atoms. The number of rotatable bonds is 5. The average Bonchev–Trinajstić information content (AvgIpc) is 2.80. The molecule has 36 heavy (non-hydrogen) atoms. The highest BCUT2D eigenvalue weighted by Crippen LogP contribution is 2.42. The van der Waals surface area contributed by atoms with Gasteiger partial charge in [-0.2, -0.15) is 18.3 Å². The Morgan fingerprint density at radius 2 is 1.75 bits per heavy atom. The Labute approximate surface area is 206 Å². The van der Waals surface area contributed by atoms with Gasteiger partial charge in [-0.15, -0.1) is 0 Å². The maximum atomic E-state index is 14.5. The summed E-state index contributed by atoms with van der Waals surface area (Å²) < 4.78 is 61.5. The van der Waals surface area contributed by atoms with Crippen LogP contribution in [0.15, 0.2) is 47.4 Å². The van der Waals surface area contributed by atoms with Crippen molar-refractivity contribution in [2.75, 3.05) is 13.2 Å². The van der Waals surface area contributed by atoms with E-state index in [2.05, 4.69) is 10.1 Å². The van der Waals surface area contributed by atoms with Crippen molar-refractivity contribution in [3.63, 3.8) is 0 Å². The van der Waals surface area contributed by atoms with Crippen LogP contribution in [0.3, 0.4) is 0 Å². The molecule has 1 aliphatic heterocycles. The molecule has 1 aromatic carbocycles. The second-order valence-electron chi connectivity index (χ2n) is 9.74. The second kappa shape index (κ2) is 9.76. The van der Waals surface area contributed by atoms with Crippen LogP contribution in [0, 0.1) is 12.7 Å². The molecule has 3 heterocycles. The van der Waals surface area contributed by atoms with Crippen molar-refractivity contribution in [2.24, 2.45) is 0 Å². The summed E-state index contributed by atoms with van der Waals surface area (Å²) in [4.78, 5) is 17.4. The first-order valence-electron chi connectivity index (χ1n) is 12.2. The predicted molar refractivity (Wildman–Crippen MR) is 125 cm³/mol. The van der Waals surface area contributed by atoms with E-state index in [-0.39, 0.29) is 35.8 Å². The first-order chi connectivity index (χ1) is 17.2. The van der Waals surface area contributed by atoms with Gasteiger partial charge in [0.2, 0.25) is 0 Å². The number of nitrogens with zero attached hydrogens (tertiary/aromatic N) is 3. The minimum Gasteiger partial charge on any atom is -0.380 e. The van der Waals surface area contributed by atoms with Gasteiger partial charge in [0.25, 0.3) is 5.56 Å². The Morgan fingerprint density at radius 3 is 2.39 bits per heavy atom. The number of alkyl halides is 3. The van der Waals surface area contributed by atoms with Crippen molar-refractivity contribution in [1.29, 1.82) is 0 Å². The van der Waals surface area contributed by atoms with E-state index in [1.807, 2.05) is 13.0 Å². The third-order valence-electron chi connectivity index (χ3n) is 7.42. The molecule has 0 N–H and O–H groups in total. The summed E-state index contributed by atoms with van der Waals surface area (Å²) in [6, 6.07) is 9.09. The molecule has 190 valence electrons. The van der Waals surface area contributed by atoms with Gasteiger partial charge >= 0.3 is 6.18 Å². The zero-order valence-electron chi connectivity index (χ0n) is 19.9. The van der Waals surface area contributed by atoms with Gasteiger partial charge in [0.15, 0.2) is 0 Å². The number of ether oxygens (including phenoxy) is 1. The number of aryl methyl sites for hydroxylation is 1. The largest absolute Gasteiger partial charge is 0.418 e. The van der Waals surface area contributed by atoms with Crippen LogP contribution >= 0.6 is 0 Å². The Kier molecular flexibility index (Phi) is 6.68. The zero-order valence-corrected chi connectivity index (χ0v) is 19.9. The lowest BCUT2D eigenvalue weighted by Gasteiger charge is -2.31. The number of hydrogen-bond donors (Lipinski definition) is 0. The van der Waals surface area contributed by atoms with E-state index in [0.717, 1.165) is 34.7 Å². The summed E-state index contributed by atoms with van der Waals surface area (Å²) in [6.07, 6.45) is -0.459. The summed E-state index contributed by atoms with van der Waals surface area (Å²) in [7, 11) is 0. The third-order valence-corrected chi connectivity index (χ3v) is 7.42. The Bertz CT molecular complexity index is 1290. The van der Waals surface area contributed by atoms with E-state index in [1.165, 1.54) is 18.3 Å². The van der Waals surface area contributed by atoms with Crippen LogP contribution < -0.4 is 5.56 Å². The molecule has 0 bridgehead atoms. The van der Waals surface area contributed by atoms with E-state index in [9.17, 15) is 22.4 Å². The van der Waals surface area contributed by atoms with Crippen molar-refractivity contribution in [1.82, 2.24) is 14.8 Å². The molecular formula is C27H27F4N3O2. The number of hydrogen-bond acceptors (Lipinski definition) is 4. The predicted octanol–water partition coefficient (Wildman–Crippen LogP) is 5.71. The average molecular weight is 502 g/mol. The van der Waals surface area contributed by atoms with Crippen molar-refractivity contribution >= 4 is 0 Å². The number of halogens is 4. The quantitative estimate of drug-likeness (QED) is 0.421. The van der Waals surface area contributed by atoms with Crippen LogP contribution in [0.1, 0.15) is 77.1 Å². The maximum Gasteiger partial charge on any atom is 0.418 e. The first kappa shape index (κ1) is 24.6. The van der Waals surface area contributed by atoms with Gasteiger partial charge in [-0.25, -0.2) is 9.07 Å². The van der Waals surface area contributed by atoms with Crippen LogP contribution in [-0.4, -0.2) is 28.0 Å². The fraction of sp³-hybridized carbons (Fsp3) is 0.444. The second-order valence-corrected chi connectivity index (χ2v) is 9.74. The summed E-state index contributed by atoms with van der Waals surface area (Å²) in [6.45, 7) is 2.46. The van der Waals surface area contributed by atoms with Gasteiger partial charge in [-0.05, 0) is 79.8 Å². The van der Waals surface area contributed by atoms with E-state index in [1.54, 1.807) is 12.1 Å². The zero-order chi connectivity index (χ0) is 25.4. The lowest BCUT2D eigenvalue weighted by atomic mass is 9.75. The lowest BCUT2D eigenvalue weighted by Crippen LogP contribution is -2.34. The third kappa shape index (κ3) is 4.81. The highest BCUT2D eigenvalue weighted by Gasteiger charge is 2.35. The van der Waals surface area contributed by atoms with Crippen LogP contribution in [-0.2, 0) is 17.5 Å². The van der Waals surface area contributed by atoms with Gasteiger partial charge < -0.3 is 4.74 Å². The number of aromatic nitrogens is 3. The van der Waals surface area contributed by atoms with E-state index in [0.29, 0.717) is 37.3 Å². The molecular weight excluding hydrogens is 474 g/mol. The van der Waals surface area contributed by atoms with Gasteiger partial charge in [-0.1, -0.05) is 12.1 Å². The monoisotopic (exact) mass is 501 g/mol. The molecule has 5 rings (SSSR count). The Morgan fingerprint density at radius 1 is 1.03 bits per heavy atom. The molecule has 9 heteroatoms. The van der Waals surface area contributed by atoms with Crippen molar-refractivity contribution < 1.29 is 22.3 Å². The van der Waals surface area contributed by atoms with E-state index < -0.39 is 17.3 Å². The summed E-state index contributed by atoms with van der Waals surface area (Å²) in [5.41, 5.74) is 1.35. The topological polar surface area (TPSA) is 57.0 Å². The molecule has 2 aliphatic rings. The Balaban J connectivity index is 1.45. The number of pyridine rings is 1. The minimum atomic E-state index is -4.58. The molecule has 0 atom stereocenters. The minimum absolute atomic E-state index is 0.00109. The molecule has 2 fully saturated rings. The van der Waals surface area contributed by atoms with E-state index >= 15 is 0 Å². The molecule has 1 saturated carbocycles. The normalized spacial score (nSPS) is 20.8. The first-order valence-corrected chi connectivity index (χ1v) is 12.2. The molecule has 1 saturated heterocycles. The van der Waals surface area contributed by atoms with E-state index in [4.69, 9.17) is 4.74 Å². The molecule has 1 aliphatic carbocycles. The highest BCUT2D eigenvalue weighted by molar-refractivity contribution is 5.32. The van der Waals surface area contributed by atoms with Gasteiger partial charge in [0, 0.05) is 17.7 Å². The SMILES string of the molecule is Cc1cccc(F)c1C1CCC(c2cc(C3COC3)nn(Cc3ncccc3C(F)(F)F)c2=O)CC1. The highest BCUT2D eigenvalue weighted by atomic mass is 19.4.